The Morgan fingerprint density at radius 1 is 1.32 bits per heavy atom. The number of alkyl halides is 3. The number of nitrogens with one attached hydrogen (secondary N) is 1. The quantitative estimate of drug-likeness (QED) is 0.926. The van der Waals surface area contributed by atoms with Crippen LogP contribution in [0.4, 0.5) is 19.2 Å². The Balaban J connectivity index is 1.82. The lowest BCUT2D eigenvalue weighted by molar-refractivity contribution is -0.141. The Kier molecular flexibility index (Phi) is 3.61. The molecule has 2 aromatic rings. The molecular formula is C14H11F3N2O3. The lowest BCUT2D eigenvalue weighted by Crippen LogP contribution is -2.19. The topological polar surface area (TPSA) is 64.4 Å². The van der Waals surface area contributed by atoms with Gasteiger partial charge in [0, 0.05) is 5.56 Å². The molecule has 0 saturated heterocycles. The van der Waals surface area contributed by atoms with Crippen molar-refractivity contribution in [2.24, 2.45) is 0 Å². The average molecular weight is 312 g/mol. The van der Waals surface area contributed by atoms with Gasteiger partial charge in [0.05, 0.1) is 13.2 Å². The number of oxazole rings is 1. The molecule has 1 amide bonds. The third-order valence-corrected chi connectivity index (χ3v) is 3.29. The van der Waals surface area contributed by atoms with Gasteiger partial charge >= 0.3 is 12.2 Å². The summed E-state index contributed by atoms with van der Waals surface area (Å²) in [4.78, 5) is 15.4. The first kappa shape index (κ1) is 14.6. The highest BCUT2D eigenvalue weighted by molar-refractivity contribution is 6.04. The van der Waals surface area contributed by atoms with Crippen molar-refractivity contribution in [3.05, 3.63) is 46.8 Å². The van der Waals surface area contributed by atoms with Gasteiger partial charge < -0.3 is 9.15 Å². The van der Waals surface area contributed by atoms with Crippen LogP contribution in [0.3, 0.4) is 0 Å². The molecule has 22 heavy (non-hydrogen) atoms. The Morgan fingerprint density at radius 3 is 2.86 bits per heavy atom. The molecule has 1 aromatic heterocycles. The van der Waals surface area contributed by atoms with E-state index in [2.05, 4.69) is 14.7 Å². The largest absolute Gasteiger partial charge is 0.436 e. The molecule has 0 fully saturated rings. The minimum atomic E-state index is -4.62. The number of hydrogen-bond donors (Lipinski definition) is 1. The number of anilines is 1. The number of fused-ring (bicyclic) bond motifs is 1. The van der Waals surface area contributed by atoms with Crippen molar-refractivity contribution in [1.29, 1.82) is 0 Å². The van der Waals surface area contributed by atoms with Crippen molar-refractivity contribution in [3.8, 4) is 0 Å². The van der Waals surface area contributed by atoms with Crippen LogP contribution in [0.5, 0.6) is 0 Å². The van der Waals surface area contributed by atoms with Gasteiger partial charge in [-0.1, -0.05) is 12.1 Å². The molecule has 2 heterocycles. The van der Waals surface area contributed by atoms with Crippen LogP contribution in [0.2, 0.25) is 0 Å². The van der Waals surface area contributed by atoms with Gasteiger partial charge in [0.1, 0.15) is 6.26 Å². The molecule has 1 aromatic carbocycles. The second-order valence-electron chi connectivity index (χ2n) is 4.74. The summed E-state index contributed by atoms with van der Waals surface area (Å²) in [6, 6.07) is 4.66. The fourth-order valence-corrected chi connectivity index (χ4v) is 2.26. The number of aromatic nitrogens is 1. The predicted molar refractivity (Wildman–Crippen MR) is 69.3 cm³/mol. The third-order valence-electron chi connectivity index (χ3n) is 3.29. The molecule has 0 radical (unpaired) electrons. The minimum absolute atomic E-state index is 0.382. The van der Waals surface area contributed by atoms with Crippen LogP contribution in [0, 0.1) is 0 Å². The standard InChI is InChI=1S/C14H11F3N2O3/c15-14(16,17)11-7-22-13(18-11)19-12(20)10-3-1-2-8-6-21-5-4-9(8)10/h1-3,7H,4-6H2,(H,18,19,20). The highest BCUT2D eigenvalue weighted by atomic mass is 19.4. The summed E-state index contributed by atoms with van der Waals surface area (Å²) in [5.41, 5.74) is 0.912. The number of amides is 1. The predicted octanol–water partition coefficient (Wildman–Crippen LogP) is 3.02. The maximum atomic E-state index is 12.4. The lowest BCUT2D eigenvalue weighted by atomic mass is 9.97. The van der Waals surface area contributed by atoms with Crippen molar-refractivity contribution >= 4 is 11.9 Å². The smallest absolute Gasteiger partial charge is 0.431 e. The van der Waals surface area contributed by atoms with E-state index in [4.69, 9.17) is 4.74 Å². The molecule has 5 nitrogen and oxygen atoms in total. The molecule has 0 bridgehead atoms. The van der Waals surface area contributed by atoms with Gasteiger partial charge in [-0.25, -0.2) is 0 Å². The molecule has 0 unspecified atom stereocenters. The number of hydrogen-bond acceptors (Lipinski definition) is 4. The highest BCUT2D eigenvalue weighted by Crippen LogP contribution is 2.29. The van der Waals surface area contributed by atoms with Crippen LogP contribution < -0.4 is 5.32 Å². The van der Waals surface area contributed by atoms with Crippen LogP contribution in [0.25, 0.3) is 0 Å². The summed E-state index contributed by atoms with van der Waals surface area (Å²) in [5, 5.41) is 2.24. The monoisotopic (exact) mass is 312 g/mol. The van der Waals surface area contributed by atoms with Gasteiger partial charge in [0.25, 0.3) is 5.91 Å². The molecular weight excluding hydrogens is 301 g/mol. The molecule has 8 heteroatoms. The zero-order chi connectivity index (χ0) is 15.7. The van der Waals surface area contributed by atoms with Crippen molar-refractivity contribution in [1.82, 2.24) is 4.98 Å². The Labute approximate surface area is 123 Å². The van der Waals surface area contributed by atoms with Gasteiger partial charge in [-0.05, 0) is 23.6 Å². The van der Waals surface area contributed by atoms with Gasteiger partial charge in [0.2, 0.25) is 0 Å². The fraction of sp³-hybridized carbons (Fsp3) is 0.286. The zero-order valence-corrected chi connectivity index (χ0v) is 11.2. The second-order valence-corrected chi connectivity index (χ2v) is 4.74. The summed E-state index contributed by atoms with van der Waals surface area (Å²) in [5.74, 6) is -0.561. The summed E-state index contributed by atoms with van der Waals surface area (Å²) in [6.07, 6.45) is -3.59. The molecule has 0 atom stereocenters. The first-order chi connectivity index (χ1) is 10.4. The second kappa shape index (κ2) is 5.45. The summed E-state index contributed by atoms with van der Waals surface area (Å²) < 4.78 is 47.3. The van der Waals surface area contributed by atoms with Crippen molar-refractivity contribution in [3.63, 3.8) is 0 Å². The van der Waals surface area contributed by atoms with E-state index in [-0.39, 0.29) is 0 Å². The summed E-state index contributed by atoms with van der Waals surface area (Å²) in [6.45, 7) is 0.905. The van der Waals surface area contributed by atoms with Crippen LogP contribution in [0.15, 0.2) is 28.9 Å². The van der Waals surface area contributed by atoms with Crippen molar-refractivity contribution in [2.75, 3.05) is 11.9 Å². The Hall–Kier alpha value is -2.35. The fourth-order valence-electron chi connectivity index (χ4n) is 2.26. The molecule has 0 saturated carbocycles. The first-order valence-electron chi connectivity index (χ1n) is 6.48. The number of carbonyl (C=O) groups is 1. The third kappa shape index (κ3) is 2.82. The number of ether oxygens (including phenoxy) is 1. The van der Waals surface area contributed by atoms with E-state index >= 15 is 0 Å². The highest BCUT2D eigenvalue weighted by Gasteiger charge is 2.35. The Morgan fingerprint density at radius 2 is 2.14 bits per heavy atom. The van der Waals surface area contributed by atoms with E-state index in [1.54, 1.807) is 12.1 Å². The minimum Gasteiger partial charge on any atom is -0.431 e. The Bertz CT molecular complexity index is 710. The summed E-state index contributed by atoms with van der Waals surface area (Å²) in [7, 11) is 0. The van der Waals surface area contributed by atoms with Crippen LogP contribution >= 0.6 is 0 Å². The van der Waals surface area contributed by atoms with Crippen LogP contribution in [0.1, 0.15) is 27.2 Å². The van der Waals surface area contributed by atoms with Gasteiger partial charge in [0.15, 0.2) is 5.69 Å². The molecule has 0 spiro atoms. The first-order valence-corrected chi connectivity index (χ1v) is 6.48. The van der Waals surface area contributed by atoms with Crippen molar-refractivity contribution < 1.29 is 27.1 Å². The summed E-state index contributed by atoms with van der Waals surface area (Å²) >= 11 is 0. The van der Waals surface area contributed by atoms with E-state index in [0.29, 0.717) is 31.5 Å². The number of carbonyl (C=O) groups excluding carboxylic acids is 1. The van der Waals surface area contributed by atoms with E-state index in [1.165, 1.54) is 0 Å². The zero-order valence-electron chi connectivity index (χ0n) is 11.2. The number of halogens is 3. The van der Waals surface area contributed by atoms with E-state index in [1.807, 2.05) is 6.07 Å². The van der Waals surface area contributed by atoms with E-state index in [9.17, 15) is 18.0 Å². The van der Waals surface area contributed by atoms with Gasteiger partial charge in [-0.15, -0.1) is 0 Å². The SMILES string of the molecule is O=C(Nc1nc(C(F)(F)F)co1)c1cccc2c1CCOC2. The van der Waals surface area contributed by atoms with Crippen molar-refractivity contribution in [2.45, 2.75) is 19.2 Å². The van der Waals surface area contributed by atoms with Crippen LogP contribution in [-0.4, -0.2) is 17.5 Å². The van der Waals surface area contributed by atoms with E-state index in [0.717, 1.165) is 11.1 Å². The van der Waals surface area contributed by atoms with Gasteiger partial charge in [-0.2, -0.15) is 18.2 Å². The van der Waals surface area contributed by atoms with Crippen LogP contribution in [-0.2, 0) is 23.9 Å². The van der Waals surface area contributed by atoms with Gasteiger partial charge in [-0.3, -0.25) is 10.1 Å². The van der Waals surface area contributed by atoms with E-state index < -0.39 is 23.8 Å². The lowest BCUT2D eigenvalue weighted by Gasteiger charge is -2.18. The maximum Gasteiger partial charge on any atom is 0.436 e. The molecule has 1 aliphatic heterocycles. The number of rotatable bonds is 2. The molecule has 3 rings (SSSR count). The molecule has 1 N–H and O–H groups in total. The maximum absolute atomic E-state index is 12.4. The molecule has 1 aliphatic rings. The number of benzene rings is 1. The average Bonchev–Trinajstić information content (AvgIpc) is 2.95. The molecule has 116 valence electrons. The number of nitrogens with zero attached hydrogens (tertiary/aromatic N) is 1. The normalized spacial score (nSPS) is 14.5. The molecule has 0 aliphatic carbocycles.